The van der Waals surface area contributed by atoms with E-state index in [0.717, 1.165) is 0 Å². The number of hydrogen-bond donors (Lipinski definition) is 1. The van der Waals surface area contributed by atoms with E-state index in [2.05, 4.69) is 5.32 Å². The minimum atomic E-state index is -0.248. The van der Waals surface area contributed by atoms with Gasteiger partial charge in [-0.2, -0.15) is 0 Å². The zero-order valence-electron chi connectivity index (χ0n) is 13.0. The Balaban J connectivity index is 1.67. The second-order valence-corrected chi connectivity index (χ2v) is 5.88. The molecule has 3 rings (SSSR count). The lowest BCUT2D eigenvalue weighted by molar-refractivity contribution is 0.0303. The third-order valence-electron chi connectivity index (χ3n) is 3.77. The predicted octanol–water partition coefficient (Wildman–Crippen LogP) is 3.06. The molecule has 124 valence electrons. The molecule has 1 saturated heterocycles. The lowest BCUT2D eigenvalue weighted by atomic mass is 10.1. The fraction of sp³-hybridized carbons (Fsp3) is 0.222. The summed E-state index contributed by atoms with van der Waals surface area (Å²) in [6.45, 7) is 2.31. The van der Waals surface area contributed by atoms with Crippen molar-refractivity contribution in [3.8, 4) is 0 Å². The van der Waals surface area contributed by atoms with E-state index in [0.29, 0.717) is 48.1 Å². The molecule has 0 saturated carbocycles. The lowest BCUT2D eigenvalue weighted by Crippen LogP contribution is -2.40. The highest BCUT2D eigenvalue weighted by molar-refractivity contribution is 6.31. The fourth-order valence-corrected chi connectivity index (χ4v) is 2.67. The number of carbonyl (C=O) groups is 2. The Morgan fingerprint density at radius 2 is 1.67 bits per heavy atom. The van der Waals surface area contributed by atoms with Crippen LogP contribution < -0.4 is 5.32 Å². The number of halogens is 1. The van der Waals surface area contributed by atoms with Crippen LogP contribution in [0.1, 0.15) is 20.7 Å². The Morgan fingerprint density at radius 1 is 1.00 bits per heavy atom. The van der Waals surface area contributed by atoms with E-state index in [1.54, 1.807) is 53.4 Å². The molecule has 0 bridgehead atoms. The molecule has 24 heavy (non-hydrogen) atoms. The number of benzene rings is 2. The second kappa shape index (κ2) is 7.47. The van der Waals surface area contributed by atoms with Crippen molar-refractivity contribution in [2.75, 3.05) is 31.6 Å². The standard InChI is InChI=1S/C18H17ClN2O3/c19-15-2-1-3-16(12-15)20-17(22)13-4-6-14(7-5-13)18(23)21-8-10-24-11-9-21/h1-7,12H,8-11H2,(H,20,22). The first kappa shape index (κ1) is 16.5. The van der Waals surface area contributed by atoms with Crippen LogP contribution in [-0.4, -0.2) is 43.0 Å². The van der Waals surface area contributed by atoms with Gasteiger partial charge in [-0.15, -0.1) is 0 Å². The third kappa shape index (κ3) is 3.93. The quantitative estimate of drug-likeness (QED) is 0.931. The van der Waals surface area contributed by atoms with Gasteiger partial charge in [0, 0.05) is 34.9 Å². The zero-order valence-corrected chi connectivity index (χ0v) is 13.8. The fourth-order valence-electron chi connectivity index (χ4n) is 2.48. The van der Waals surface area contributed by atoms with E-state index in [-0.39, 0.29) is 11.8 Å². The van der Waals surface area contributed by atoms with E-state index in [1.165, 1.54) is 0 Å². The summed E-state index contributed by atoms with van der Waals surface area (Å²) in [5.74, 6) is -0.289. The van der Waals surface area contributed by atoms with Gasteiger partial charge in [-0.1, -0.05) is 17.7 Å². The number of morpholine rings is 1. The van der Waals surface area contributed by atoms with E-state index in [9.17, 15) is 9.59 Å². The van der Waals surface area contributed by atoms with Crippen molar-refractivity contribution in [2.24, 2.45) is 0 Å². The van der Waals surface area contributed by atoms with Crippen LogP contribution >= 0.6 is 11.6 Å². The maximum atomic E-state index is 12.4. The van der Waals surface area contributed by atoms with Gasteiger partial charge in [0.2, 0.25) is 0 Å². The van der Waals surface area contributed by atoms with Crippen molar-refractivity contribution in [3.05, 3.63) is 64.7 Å². The van der Waals surface area contributed by atoms with Gasteiger partial charge in [0.25, 0.3) is 11.8 Å². The third-order valence-corrected chi connectivity index (χ3v) is 4.01. The van der Waals surface area contributed by atoms with Gasteiger partial charge in [-0.25, -0.2) is 0 Å². The Morgan fingerprint density at radius 3 is 2.33 bits per heavy atom. The van der Waals surface area contributed by atoms with Crippen LogP contribution in [0.25, 0.3) is 0 Å². The molecule has 1 N–H and O–H groups in total. The number of amides is 2. The Hall–Kier alpha value is -2.37. The molecule has 1 aliphatic heterocycles. The monoisotopic (exact) mass is 344 g/mol. The highest BCUT2D eigenvalue weighted by Gasteiger charge is 2.18. The van der Waals surface area contributed by atoms with Crippen molar-refractivity contribution < 1.29 is 14.3 Å². The number of hydrogen-bond acceptors (Lipinski definition) is 3. The van der Waals surface area contributed by atoms with Crippen LogP contribution in [0.4, 0.5) is 5.69 Å². The largest absolute Gasteiger partial charge is 0.378 e. The summed E-state index contributed by atoms with van der Waals surface area (Å²) < 4.78 is 5.25. The van der Waals surface area contributed by atoms with Gasteiger partial charge < -0.3 is 15.0 Å². The van der Waals surface area contributed by atoms with Crippen LogP contribution in [-0.2, 0) is 4.74 Å². The average Bonchev–Trinajstić information content (AvgIpc) is 2.62. The van der Waals surface area contributed by atoms with Crippen molar-refractivity contribution in [3.63, 3.8) is 0 Å². The molecule has 0 aliphatic carbocycles. The maximum Gasteiger partial charge on any atom is 0.255 e. The first-order chi connectivity index (χ1) is 11.6. The van der Waals surface area contributed by atoms with Crippen LogP contribution in [0.2, 0.25) is 5.02 Å². The molecule has 1 heterocycles. The summed E-state index contributed by atoms with van der Waals surface area (Å²) >= 11 is 5.90. The van der Waals surface area contributed by atoms with Gasteiger partial charge >= 0.3 is 0 Å². The highest BCUT2D eigenvalue weighted by Crippen LogP contribution is 2.16. The number of anilines is 1. The van der Waals surface area contributed by atoms with E-state index < -0.39 is 0 Å². The molecule has 2 amide bonds. The summed E-state index contributed by atoms with van der Waals surface area (Å²) in [6.07, 6.45) is 0. The minimum absolute atomic E-state index is 0.0416. The molecule has 2 aromatic carbocycles. The smallest absolute Gasteiger partial charge is 0.255 e. The SMILES string of the molecule is O=C(Nc1cccc(Cl)c1)c1ccc(C(=O)N2CCOCC2)cc1. The summed E-state index contributed by atoms with van der Waals surface area (Å²) in [7, 11) is 0. The van der Waals surface area contributed by atoms with Gasteiger partial charge in [0.1, 0.15) is 0 Å². The summed E-state index contributed by atoms with van der Waals surface area (Å²) in [4.78, 5) is 26.4. The molecule has 1 fully saturated rings. The molecule has 0 unspecified atom stereocenters. The Bertz CT molecular complexity index is 740. The lowest BCUT2D eigenvalue weighted by Gasteiger charge is -2.26. The zero-order chi connectivity index (χ0) is 16.9. The second-order valence-electron chi connectivity index (χ2n) is 5.45. The maximum absolute atomic E-state index is 12.4. The van der Waals surface area contributed by atoms with Gasteiger partial charge in [-0.3, -0.25) is 9.59 Å². The number of nitrogens with one attached hydrogen (secondary N) is 1. The highest BCUT2D eigenvalue weighted by atomic mass is 35.5. The van der Waals surface area contributed by atoms with Crippen molar-refractivity contribution in [2.45, 2.75) is 0 Å². The molecule has 6 heteroatoms. The average molecular weight is 345 g/mol. The van der Waals surface area contributed by atoms with Crippen LogP contribution in [0, 0.1) is 0 Å². The van der Waals surface area contributed by atoms with Crippen LogP contribution in [0.15, 0.2) is 48.5 Å². The van der Waals surface area contributed by atoms with Crippen molar-refractivity contribution in [1.29, 1.82) is 0 Å². The summed E-state index contributed by atoms with van der Waals surface area (Å²) in [6, 6.07) is 13.6. The summed E-state index contributed by atoms with van der Waals surface area (Å²) in [5, 5.41) is 3.33. The molecule has 0 atom stereocenters. The van der Waals surface area contributed by atoms with Gasteiger partial charge in [0.15, 0.2) is 0 Å². The number of ether oxygens (including phenoxy) is 1. The first-order valence-electron chi connectivity index (χ1n) is 7.67. The molecule has 5 nitrogen and oxygen atoms in total. The molecular weight excluding hydrogens is 328 g/mol. The molecule has 1 aliphatic rings. The predicted molar refractivity (Wildman–Crippen MR) is 92.6 cm³/mol. The first-order valence-corrected chi connectivity index (χ1v) is 8.05. The van der Waals surface area contributed by atoms with Crippen molar-refractivity contribution in [1.82, 2.24) is 4.90 Å². The number of rotatable bonds is 3. The normalized spacial score (nSPS) is 14.3. The van der Waals surface area contributed by atoms with E-state index in [4.69, 9.17) is 16.3 Å². The molecular formula is C18H17ClN2O3. The topological polar surface area (TPSA) is 58.6 Å². The van der Waals surface area contributed by atoms with Crippen LogP contribution in [0.3, 0.4) is 0 Å². The Labute approximate surface area is 145 Å². The van der Waals surface area contributed by atoms with Crippen molar-refractivity contribution >= 4 is 29.1 Å². The molecule has 0 radical (unpaired) electrons. The van der Waals surface area contributed by atoms with E-state index in [1.807, 2.05) is 0 Å². The Kier molecular flexibility index (Phi) is 5.13. The molecule has 2 aromatic rings. The van der Waals surface area contributed by atoms with E-state index >= 15 is 0 Å². The van der Waals surface area contributed by atoms with Gasteiger partial charge in [-0.05, 0) is 42.5 Å². The van der Waals surface area contributed by atoms with Gasteiger partial charge in [0.05, 0.1) is 13.2 Å². The minimum Gasteiger partial charge on any atom is -0.378 e. The summed E-state index contributed by atoms with van der Waals surface area (Å²) in [5.41, 5.74) is 1.67. The number of carbonyl (C=O) groups excluding carboxylic acids is 2. The van der Waals surface area contributed by atoms with Crippen LogP contribution in [0.5, 0.6) is 0 Å². The number of nitrogens with zero attached hydrogens (tertiary/aromatic N) is 1. The molecule has 0 aromatic heterocycles. The molecule has 0 spiro atoms.